The van der Waals surface area contributed by atoms with Crippen LogP contribution in [-0.4, -0.2) is 51.0 Å². The van der Waals surface area contributed by atoms with E-state index in [2.05, 4.69) is 0 Å². The molecule has 1 aromatic rings. The van der Waals surface area contributed by atoms with Crippen LogP contribution in [0, 0.1) is 17.6 Å². The summed E-state index contributed by atoms with van der Waals surface area (Å²) in [5.41, 5.74) is 5.27. The Kier molecular flexibility index (Phi) is 6.74. The Bertz CT molecular complexity index is 808. The third-order valence-corrected chi connectivity index (χ3v) is 5.79. The Hall–Kier alpha value is -2.23. The van der Waals surface area contributed by atoms with E-state index in [1.807, 2.05) is 0 Å². The molecule has 2 rings (SSSR count). The molecule has 0 aromatic heterocycles. The second-order valence-corrected chi connectivity index (χ2v) is 8.50. The van der Waals surface area contributed by atoms with E-state index in [0.29, 0.717) is 25.9 Å². The molecule has 150 valence electrons. The molecule has 2 N–H and O–H groups in total. The van der Waals surface area contributed by atoms with Gasteiger partial charge in [0.05, 0.1) is 11.9 Å². The summed E-state index contributed by atoms with van der Waals surface area (Å²) in [6.07, 6.45) is 2.33. The molecule has 7 nitrogen and oxygen atoms in total. The van der Waals surface area contributed by atoms with Gasteiger partial charge in [0.25, 0.3) is 0 Å². The molecule has 0 unspecified atom stereocenters. The summed E-state index contributed by atoms with van der Waals surface area (Å²) < 4.78 is 51.4. The highest BCUT2D eigenvalue weighted by atomic mass is 32.2. The molecule has 0 radical (unpaired) electrons. The van der Waals surface area contributed by atoms with Crippen molar-refractivity contribution < 1.29 is 26.8 Å². The Morgan fingerprint density at radius 1 is 1.22 bits per heavy atom. The van der Waals surface area contributed by atoms with Crippen LogP contribution >= 0.6 is 0 Å². The molecule has 1 heterocycles. The van der Waals surface area contributed by atoms with Gasteiger partial charge in [-0.15, -0.1) is 0 Å². The van der Waals surface area contributed by atoms with Gasteiger partial charge in [0.15, 0.2) is 11.6 Å². The Balaban J connectivity index is 1.93. The van der Waals surface area contributed by atoms with Crippen LogP contribution in [-0.2, 0) is 19.6 Å². The van der Waals surface area contributed by atoms with Crippen molar-refractivity contribution in [2.45, 2.75) is 25.7 Å². The molecule has 2 amide bonds. The van der Waals surface area contributed by atoms with Crippen molar-refractivity contribution in [2.24, 2.45) is 11.7 Å². The van der Waals surface area contributed by atoms with Crippen molar-refractivity contribution in [1.29, 1.82) is 0 Å². The van der Waals surface area contributed by atoms with Gasteiger partial charge in [-0.2, -0.15) is 0 Å². The summed E-state index contributed by atoms with van der Waals surface area (Å²) >= 11 is 0. The molecule has 0 atom stereocenters. The fraction of sp³-hybridized carbons (Fsp3) is 0.529. The molecule has 10 heteroatoms. The van der Waals surface area contributed by atoms with Gasteiger partial charge in [0.1, 0.15) is 0 Å². The van der Waals surface area contributed by atoms with Gasteiger partial charge in [-0.3, -0.25) is 13.9 Å². The molecule has 0 saturated carbocycles. The van der Waals surface area contributed by atoms with Crippen LogP contribution in [0.1, 0.15) is 25.7 Å². The highest BCUT2D eigenvalue weighted by molar-refractivity contribution is 7.92. The SMILES string of the molecule is CS(=O)(=O)N(CCCC(=O)N1CCC(C(N)=O)CC1)c1ccc(F)c(F)c1. The first-order valence-electron chi connectivity index (χ1n) is 8.59. The Morgan fingerprint density at radius 3 is 2.37 bits per heavy atom. The maximum absolute atomic E-state index is 13.4. The van der Waals surface area contributed by atoms with Gasteiger partial charge in [0.2, 0.25) is 21.8 Å². The Labute approximate surface area is 157 Å². The van der Waals surface area contributed by atoms with Crippen molar-refractivity contribution in [3.63, 3.8) is 0 Å². The molecule has 1 saturated heterocycles. The van der Waals surface area contributed by atoms with Crippen LogP contribution in [0.2, 0.25) is 0 Å². The lowest BCUT2D eigenvalue weighted by molar-refractivity contribution is -0.134. The van der Waals surface area contributed by atoms with E-state index in [1.54, 1.807) is 4.90 Å². The molecule has 0 bridgehead atoms. The van der Waals surface area contributed by atoms with E-state index >= 15 is 0 Å². The summed E-state index contributed by atoms with van der Waals surface area (Å²) in [4.78, 5) is 25.1. The average molecular weight is 403 g/mol. The molecule has 1 aromatic carbocycles. The minimum absolute atomic E-state index is 0.00567. The predicted octanol–water partition coefficient (Wildman–Crippen LogP) is 1.23. The zero-order valence-corrected chi connectivity index (χ0v) is 15.8. The van der Waals surface area contributed by atoms with Gasteiger partial charge in [-0.05, 0) is 31.4 Å². The zero-order chi connectivity index (χ0) is 20.2. The van der Waals surface area contributed by atoms with Gasteiger partial charge in [-0.1, -0.05) is 0 Å². The second kappa shape index (κ2) is 8.64. The fourth-order valence-corrected chi connectivity index (χ4v) is 4.03. The largest absolute Gasteiger partial charge is 0.369 e. The van der Waals surface area contributed by atoms with Crippen LogP contribution in [0.5, 0.6) is 0 Å². The van der Waals surface area contributed by atoms with E-state index in [9.17, 15) is 26.8 Å². The molecule has 1 aliphatic rings. The number of benzene rings is 1. The maximum atomic E-state index is 13.4. The smallest absolute Gasteiger partial charge is 0.232 e. The van der Waals surface area contributed by atoms with Crippen LogP contribution in [0.25, 0.3) is 0 Å². The number of carbonyl (C=O) groups excluding carboxylic acids is 2. The minimum atomic E-state index is -3.72. The topological polar surface area (TPSA) is 101 Å². The summed E-state index contributed by atoms with van der Waals surface area (Å²) in [6, 6.07) is 2.85. The predicted molar refractivity (Wildman–Crippen MR) is 96.3 cm³/mol. The lowest BCUT2D eigenvalue weighted by Crippen LogP contribution is -2.42. The quantitative estimate of drug-likeness (QED) is 0.740. The highest BCUT2D eigenvalue weighted by Gasteiger charge is 2.26. The lowest BCUT2D eigenvalue weighted by atomic mass is 9.96. The van der Waals surface area contributed by atoms with Crippen LogP contribution < -0.4 is 10.0 Å². The molecule has 0 spiro atoms. The van der Waals surface area contributed by atoms with Crippen molar-refractivity contribution >= 4 is 27.5 Å². The number of hydrogen-bond donors (Lipinski definition) is 1. The van der Waals surface area contributed by atoms with Gasteiger partial charge in [0, 0.05) is 38.0 Å². The molecular formula is C17H23F2N3O4S. The van der Waals surface area contributed by atoms with Crippen LogP contribution in [0.3, 0.4) is 0 Å². The monoisotopic (exact) mass is 403 g/mol. The number of nitrogens with two attached hydrogens (primary N) is 1. The summed E-state index contributed by atoms with van der Waals surface area (Å²) in [5.74, 6) is -2.94. The number of carbonyl (C=O) groups is 2. The first-order chi connectivity index (χ1) is 12.6. The molecule has 27 heavy (non-hydrogen) atoms. The van der Waals surface area contributed by atoms with Crippen molar-refractivity contribution in [1.82, 2.24) is 4.90 Å². The van der Waals surface area contributed by atoms with Crippen molar-refractivity contribution in [3.05, 3.63) is 29.8 Å². The summed E-state index contributed by atoms with van der Waals surface area (Å²) in [7, 11) is -3.72. The van der Waals surface area contributed by atoms with E-state index in [0.717, 1.165) is 22.7 Å². The average Bonchev–Trinajstić information content (AvgIpc) is 2.60. The molecular weight excluding hydrogens is 380 g/mol. The van der Waals surface area contributed by atoms with E-state index in [4.69, 9.17) is 5.73 Å². The second-order valence-electron chi connectivity index (χ2n) is 6.59. The first kappa shape index (κ1) is 21.1. The van der Waals surface area contributed by atoms with Crippen molar-refractivity contribution in [3.8, 4) is 0 Å². The van der Waals surface area contributed by atoms with Crippen LogP contribution in [0.4, 0.5) is 14.5 Å². The van der Waals surface area contributed by atoms with Crippen molar-refractivity contribution in [2.75, 3.05) is 30.2 Å². The molecule has 0 aliphatic carbocycles. The highest BCUT2D eigenvalue weighted by Crippen LogP contribution is 2.22. The Morgan fingerprint density at radius 2 is 1.85 bits per heavy atom. The number of rotatable bonds is 7. The summed E-state index contributed by atoms with van der Waals surface area (Å²) in [6.45, 7) is 0.838. The number of hydrogen-bond acceptors (Lipinski definition) is 4. The number of halogens is 2. The minimum Gasteiger partial charge on any atom is -0.369 e. The third kappa shape index (κ3) is 5.62. The number of anilines is 1. The van der Waals surface area contributed by atoms with Crippen LogP contribution in [0.15, 0.2) is 18.2 Å². The van der Waals surface area contributed by atoms with E-state index < -0.39 is 21.7 Å². The number of sulfonamides is 1. The van der Waals surface area contributed by atoms with E-state index in [-0.39, 0.29) is 42.8 Å². The molecule has 1 fully saturated rings. The van der Waals surface area contributed by atoms with E-state index in [1.165, 1.54) is 6.07 Å². The van der Waals surface area contributed by atoms with Gasteiger partial charge < -0.3 is 10.6 Å². The number of primary amides is 1. The number of nitrogens with zero attached hydrogens (tertiary/aromatic N) is 2. The fourth-order valence-electron chi connectivity index (χ4n) is 3.07. The van der Waals surface area contributed by atoms with Gasteiger partial charge in [-0.25, -0.2) is 17.2 Å². The standard InChI is InChI=1S/C17H23F2N3O4S/c1-27(25,26)22(13-4-5-14(18)15(19)11-13)8-2-3-16(23)21-9-6-12(7-10-21)17(20)24/h4-5,11-12H,2-3,6-10H2,1H3,(H2,20,24). The lowest BCUT2D eigenvalue weighted by Gasteiger charge is -2.31. The number of amides is 2. The first-order valence-corrected chi connectivity index (χ1v) is 10.4. The third-order valence-electron chi connectivity index (χ3n) is 4.59. The molecule has 1 aliphatic heterocycles. The summed E-state index contributed by atoms with van der Waals surface area (Å²) in [5, 5.41) is 0. The zero-order valence-electron chi connectivity index (χ0n) is 15.0. The number of likely N-dealkylation sites (tertiary alicyclic amines) is 1. The number of piperidine rings is 1. The normalized spacial score (nSPS) is 15.6. The van der Waals surface area contributed by atoms with Gasteiger partial charge >= 0.3 is 0 Å². The maximum Gasteiger partial charge on any atom is 0.232 e.